The second-order valence-electron chi connectivity index (χ2n) is 9.20. The van der Waals surface area contributed by atoms with Gasteiger partial charge in [-0.25, -0.2) is 9.89 Å². The first kappa shape index (κ1) is 23.5. The number of nitrogens with zero attached hydrogens (tertiary/aromatic N) is 4. The first-order valence-corrected chi connectivity index (χ1v) is 12.5. The summed E-state index contributed by atoms with van der Waals surface area (Å²) in [6.07, 6.45) is 4.83. The molecule has 1 fully saturated rings. The average Bonchev–Trinajstić information content (AvgIpc) is 3.62. The van der Waals surface area contributed by atoms with E-state index >= 15 is 0 Å². The van der Waals surface area contributed by atoms with Crippen LogP contribution >= 0.6 is 0 Å². The second-order valence-corrected chi connectivity index (χ2v) is 9.20. The van der Waals surface area contributed by atoms with Crippen LogP contribution in [0.3, 0.4) is 0 Å². The molecule has 8 heteroatoms. The molecule has 5 rings (SSSR count). The van der Waals surface area contributed by atoms with Gasteiger partial charge in [-0.05, 0) is 72.5 Å². The maximum atomic E-state index is 13.1. The van der Waals surface area contributed by atoms with E-state index in [9.17, 15) is 4.79 Å². The number of nitrogens with one attached hydrogen (secondary N) is 3. The molecule has 0 radical (unpaired) electrons. The molecule has 8 nitrogen and oxygen atoms in total. The molecule has 1 aliphatic rings. The summed E-state index contributed by atoms with van der Waals surface area (Å²) in [6.45, 7) is 5.07. The summed E-state index contributed by atoms with van der Waals surface area (Å²) in [6, 6.07) is 22.2. The Morgan fingerprint density at radius 1 is 1.00 bits per heavy atom. The molecule has 0 spiro atoms. The van der Waals surface area contributed by atoms with E-state index in [0.29, 0.717) is 11.9 Å². The molecule has 0 bridgehead atoms. The minimum Gasteiger partial charge on any atom is -0.367 e. The molecule has 1 heterocycles. The Balaban J connectivity index is 1.52. The van der Waals surface area contributed by atoms with E-state index in [2.05, 4.69) is 55.2 Å². The summed E-state index contributed by atoms with van der Waals surface area (Å²) in [4.78, 5) is 15.5. The Morgan fingerprint density at radius 3 is 2.44 bits per heavy atom. The van der Waals surface area contributed by atoms with Gasteiger partial charge in [-0.15, -0.1) is 5.10 Å². The summed E-state index contributed by atoms with van der Waals surface area (Å²) in [5.41, 5.74) is 6.55. The van der Waals surface area contributed by atoms with Crippen molar-refractivity contribution < 1.29 is 4.79 Å². The molecule has 184 valence electrons. The normalized spacial score (nSPS) is 13.5. The maximum absolute atomic E-state index is 13.1. The van der Waals surface area contributed by atoms with Crippen LogP contribution in [0.15, 0.2) is 66.7 Å². The highest BCUT2D eigenvalue weighted by molar-refractivity contribution is 6.02. The number of benzene rings is 3. The topological polar surface area (TPSA) is 98.8 Å². The number of amides is 2. The van der Waals surface area contributed by atoms with Crippen molar-refractivity contribution in [2.24, 2.45) is 0 Å². The van der Waals surface area contributed by atoms with Crippen LogP contribution in [0.5, 0.6) is 0 Å². The first-order chi connectivity index (χ1) is 17.6. The molecule has 36 heavy (non-hydrogen) atoms. The Morgan fingerprint density at radius 2 is 1.75 bits per heavy atom. The lowest BCUT2D eigenvalue weighted by molar-refractivity contribution is 0.262. The van der Waals surface area contributed by atoms with Gasteiger partial charge in [0.2, 0.25) is 0 Å². The minimum absolute atomic E-state index is 0.271. The van der Waals surface area contributed by atoms with Crippen molar-refractivity contribution in [2.75, 3.05) is 22.1 Å². The molecule has 1 aromatic heterocycles. The zero-order chi connectivity index (χ0) is 24.9. The molecule has 0 unspecified atom stereocenters. The van der Waals surface area contributed by atoms with Crippen molar-refractivity contribution in [3.05, 3.63) is 72.3 Å². The van der Waals surface area contributed by atoms with Gasteiger partial charge in [0.25, 0.3) is 0 Å². The molecule has 4 aromatic rings. The fraction of sp³-hybridized carbons (Fsp3) is 0.286. The van der Waals surface area contributed by atoms with Gasteiger partial charge in [-0.2, -0.15) is 0 Å². The highest BCUT2D eigenvalue weighted by Gasteiger charge is 2.24. The third-order valence-corrected chi connectivity index (χ3v) is 6.81. The van der Waals surface area contributed by atoms with Crippen LogP contribution in [0.1, 0.15) is 38.2 Å². The zero-order valence-electron chi connectivity index (χ0n) is 20.7. The number of aryl methyl sites for hydroxylation is 1. The number of carbonyl (C=O) groups excluding carboxylic acids is 1. The first-order valence-electron chi connectivity index (χ1n) is 12.5. The minimum atomic E-state index is -0.271. The van der Waals surface area contributed by atoms with Crippen molar-refractivity contribution in [3.8, 4) is 22.5 Å². The van der Waals surface area contributed by atoms with E-state index in [-0.39, 0.29) is 6.03 Å². The van der Waals surface area contributed by atoms with E-state index in [1.165, 1.54) is 25.7 Å². The number of anilines is 3. The molecule has 3 aromatic carbocycles. The molecule has 1 aliphatic carbocycles. The smallest absolute Gasteiger partial charge is 0.323 e. The summed E-state index contributed by atoms with van der Waals surface area (Å²) in [7, 11) is 0. The van der Waals surface area contributed by atoms with Gasteiger partial charge in [0.15, 0.2) is 5.82 Å². The van der Waals surface area contributed by atoms with Crippen molar-refractivity contribution in [2.45, 2.75) is 45.6 Å². The lowest BCUT2D eigenvalue weighted by atomic mass is 9.98. The lowest BCUT2D eigenvalue weighted by Crippen LogP contribution is -2.34. The molecule has 3 N–H and O–H groups in total. The van der Waals surface area contributed by atoms with E-state index in [0.717, 1.165) is 45.9 Å². The second kappa shape index (κ2) is 10.6. The van der Waals surface area contributed by atoms with Crippen LogP contribution < -0.4 is 15.5 Å². The number of urea groups is 1. The monoisotopic (exact) mass is 481 g/mol. The van der Waals surface area contributed by atoms with Crippen LogP contribution in [0.25, 0.3) is 22.5 Å². The Bertz CT molecular complexity index is 1310. The maximum Gasteiger partial charge on any atom is 0.323 e. The van der Waals surface area contributed by atoms with Crippen molar-refractivity contribution in [1.82, 2.24) is 20.6 Å². The van der Waals surface area contributed by atoms with Gasteiger partial charge in [0.1, 0.15) is 0 Å². The van der Waals surface area contributed by atoms with Gasteiger partial charge in [-0.3, -0.25) is 0 Å². The van der Waals surface area contributed by atoms with Gasteiger partial charge in [0, 0.05) is 23.8 Å². The third-order valence-electron chi connectivity index (χ3n) is 6.81. The summed E-state index contributed by atoms with van der Waals surface area (Å²) in [5.74, 6) is 0.599. The van der Waals surface area contributed by atoms with Gasteiger partial charge in [-0.1, -0.05) is 60.9 Å². The Kier molecular flexibility index (Phi) is 6.93. The van der Waals surface area contributed by atoms with Crippen LogP contribution in [0.2, 0.25) is 0 Å². The van der Waals surface area contributed by atoms with Gasteiger partial charge < -0.3 is 15.5 Å². The SMILES string of the molecule is CCN(c1ccc(-c2ccccc2-c2nnn[nH]2)cc1NC(=O)Nc1ccc(C)cc1)C1CCCC1. The van der Waals surface area contributed by atoms with Crippen molar-refractivity contribution in [3.63, 3.8) is 0 Å². The fourth-order valence-electron chi connectivity index (χ4n) is 5.03. The van der Waals surface area contributed by atoms with Crippen LogP contribution in [0.4, 0.5) is 21.9 Å². The average molecular weight is 482 g/mol. The van der Waals surface area contributed by atoms with Crippen LogP contribution in [-0.2, 0) is 0 Å². The van der Waals surface area contributed by atoms with Crippen molar-refractivity contribution in [1.29, 1.82) is 0 Å². The summed E-state index contributed by atoms with van der Waals surface area (Å²) < 4.78 is 0. The number of H-pyrrole nitrogens is 1. The number of tetrazole rings is 1. The number of aromatic nitrogens is 4. The van der Waals surface area contributed by atoms with Crippen LogP contribution in [0, 0.1) is 6.92 Å². The highest BCUT2D eigenvalue weighted by Crippen LogP contribution is 2.38. The molecule has 0 atom stereocenters. The number of carbonyl (C=O) groups is 1. The molecule has 0 aliphatic heterocycles. The number of rotatable bonds is 7. The third kappa shape index (κ3) is 5.07. The van der Waals surface area contributed by atoms with Gasteiger partial charge >= 0.3 is 6.03 Å². The van der Waals surface area contributed by atoms with E-state index < -0.39 is 0 Å². The summed E-state index contributed by atoms with van der Waals surface area (Å²) in [5, 5.41) is 20.5. The number of hydrogen-bond acceptors (Lipinski definition) is 5. The van der Waals surface area contributed by atoms with Gasteiger partial charge in [0.05, 0.1) is 11.4 Å². The predicted octanol–water partition coefficient (Wildman–Crippen LogP) is 6.26. The molecule has 2 amide bonds. The lowest BCUT2D eigenvalue weighted by Gasteiger charge is -2.32. The number of aromatic amines is 1. The van der Waals surface area contributed by atoms with Crippen molar-refractivity contribution >= 4 is 23.1 Å². The predicted molar refractivity (Wildman–Crippen MR) is 144 cm³/mol. The number of hydrogen-bond donors (Lipinski definition) is 3. The zero-order valence-corrected chi connectivity index (χ0v) is 20.7. The molecular weight excluding hydrogens is 450 g/mol. The summed E-state index contributed by atoms with van der Waals surface area (Å²) >= 11 is 0. The van der Waals surface area contributed by atoms with E-state index in [1.54, 1.807) is 0 Å². The fourth-order valence-corrected chi connectivity index (χ4v) is 5.03. The molecule has 1 saturated carbocycles. The van der Waals surface area contributed by atoms with E-state index in [1.807, 2.05) is 61.5 Å². The molecular formula is C28H31N7O. The standard InChI is InChI=1S/C28H31N7O/c1-3-35(22-8-4-5-9-22)26-17-14-20(23-10-6-7-11-24(23)27-31-33-34-32-27)18-25(26)30-28(36)29-21-15-12-19(2)13-16-21/h6-7,10-18,22H,3-5,8-9H2,1-2H3,(H2,29,30,36)(H,31,32,33,34). The quantitative estimate of drug-likeness (QED) is 0.290. The largest absolute Gasteiger partial charge is 0.367 e. The Labute approximate surface area is 211 Å². The Hall–Kier alpha value is -4.20. The highest BCUT2D eigenvalue weighted by atomic mass is 16.2. The van der Waals surface area contributed by atoms with Crippen LogP contribution in [-0.4, -0.2) is 39.2 Å². The molecule has 0 saturated heterocycles. The van der Waals surface area contributed by atoms with E-state index in [4.69, 9.17) is 0 Å².